The Morgan fingerprint density at radius 3 is 2.00 bits per heavy atom. The van der Waals surface area contributed by atoms with E-state index in [2.05, 4.69) is 35.5 Å². The fraction of sp³-hybridized carbons (Fsp3) is 0.0625. The molecular weight excluding hydrogens is 222 g/mol. The van der Waals surface area contributed by atoms with Crippen molar-refractivity contribution in [1.29, 1.82) is 0 Å². The molecule has 88 valence electrons. The van der Waals surface area contributed by atoms with Gasteiger partial charge in [0.1, 0.15) is 7.11 Å². The Balaban J connectivity index is 2.45. The van der Waals surface area contributed by atoms with Crippen molar-refractivity contribution in [3.63, 3.8) is 0 Å². The molecular formula is C16H13NO. The number of nitrogens with zero attached hydrogens (tertiary/aromatic N) is 1. The lowest BCUT2D eigenvalue weighted by molar-refractivity contribution is 0.215. The van der Waals surface area contributed by atoms with Crippen molar-refractivity contribution in [2.75, 3.05) is 7.11 Å². The van der Waals surface area contributed by atoms with Crippen LogP contribution in [0.5, 0.6) is 0 Å². The second-order valence-corrected chi connectivity index (χ2v) is 4.15. The fourth-order valence-corrected chi connectivity index (χ4v) is 2.29. The average molecular weight is 235 g/mol. The van der Waals surface area contributed by atoms with Crippen LogP contribution in [0.3, 0.4) is 0 Å². The van der Waals surface area contributed by atoms with Gasteiger partial charge in [-0.05, 0) is 27.6 Å². The quantitative estimate of drug-likeness (QED) is 0.374. The average Bonchev–Trinajstić information content (AvgIpc) is 2.43. The van der Waals surface area contributed by atoms with Crippen LogP contribution in [-0.4, -0.2) is 13.3 Å². The predicted molar refractivity (Wildman–Crippen MR) is 76.1 cm³/mol. The second kappa shape index (κ2) is 4.49. The molecule has 0 aliphatic carbocycles. The van der Waals surface area contributed by atoms with E-state index in [0.717, 1.165) is 5.56 Å². The number of fused-ring (bicyclic) bond motifs is 2. The van der Waals surface area contributed by atoms with Gasteiger partial charge < -0.3 is 4.84 Å². The predicted octanol–water partition coefficient (Wildman–Crippen LogP) is 3.97. The van der Waals surface area contributed by atoms with Crippen LogP contribution in [0.1, 0.15) is 5.56 Å². The van der Waals surface area contributed by atoms with E-state index in [9.17, 15) is 0 Å². The Morgan fingerprint density at radius 2 is 1.44 bits per heavy atom. The molecule has 2 nitrogen and oxygen atoms in total. The monoisotopic (exact) mass is 235 g/mol. The highest BCUT2D eigenvalue weighted by Gasteiger charge is 2.04. The van der Waals surface area contributed by atoms with E-state index in [0.29, 0.717) is 0 Å². The molecule has 0 bridgehead atoms. The molecule has 0 amide bonds. The third-order valence-electron chi connectivity index (χ3n) is 3.10. The zero-order valence-corrected chi connectivity index (χ0v) is 10.1. The number of oxime groups is 1. The molecule has 0 unspecified atom stereocenters. The molecule has 0 N–H and O–H groups in total. The smallest absolute Gasteiger partial charge is 0.106 e. The van der Waals surface area contributed by atoms with Gasteiger partial charge in [-0.25, -0.2) is 0 Å². The first-order valence-electron chi connectivity index (χ1n) is 5.87. The summed E-state index contributed by atoms with van der Waals surface area (Å²) in [4.78, 5) is 4.81. The van der Waals surface area contributed by atoms with Crippen LogP contribution in [-0.2, 0) is 4.84 Å². The molecule has 2 heteroatoms. The van der Waals surface area contributed by atoms with Gasteiger partial charge in [0.05, 0.1) is 6.21 Å². The van der Waals surface area contributed by atoms with Crippen LogP contribution in [0.25, 0.3) is 21.5 Å². The van der Waals surface area contributed by atoms with E-state index in [1.54, 1.807) is 13.3 Å². The minimum atomic E-state index is 1.10. The van der Waals surface area contributed by atoms with Gasteiger partial charge in [-0.2, -0.15) is 0 Å². The second-order valence-electron chi connectivity index (χ2n) is 4.15. The van der Waals surface area contributed by atoms with Crippen LogP contribution in [0.2, 0.25) is 0 Å². The lowest BCUT2D eigenvalue weighted by Crippen LogP contribution is -1.88. The molecule has 0 atom stereocenters. The SMILES string of the molecule is CO/N=C\c1c2ccccc2cc2ccccc12. The number of hydrogen-bond donors (Lipinski definition) is 0. The first kappa shape index (κ1) is 10.8. The van der Waals surface area contributed by atoms with Gasteiger partial charge in [0.15, 0.2) is 0 Å². The molecule has 3 rings (SSSR count). The summed E-state index contributed by atoms with van der Waals surface area (Å²) in [6.45, 7) is 0. The Bertz CT molecular complexity index is 677. The molecule has 3 aromatic rings. The topological polar surface area (TPSA) is 21.6 Å². The van der Waals surface area contributed by atoms with Crippen molar-refractivity contribution in [3.05, 3.63) is 60.2 Å². The molecule has 0 fully saturated rings. The summed E-state index contributed by atoms with van der Waals surface area (Å²) >= 11 is 0. The summed E-state index contributed by atoms with van der Waals surface area (Å²) in [6, 6.07) is 18.8. The summed E-state index contributed by atoms with van der Waals surface area (Å²) in [6.07, 6.45) is 1.78. The van der Waals surface area contributed by atoms with E-state index in [-0.39, 0.29) is 0 Å². The van der Waals surface area contributed by atoms with Crippen molar-refractivity contribution in [3.8, 4) is 0 Å². The summed E-state index contributed by atoms with van der Waals surface area (Å²) < 4.78 is 0. The molecule has 0 saturated carbocycles. The van der Waals surface area contributed by atoms with Gasteiger partial charge in [0.2, 0.25) is 0 Å². The third-order valence-corrected chi connectivity index (χ3v) is 3.10. The van der Waals surface area contributed by atoms with Crippen molar-refractivity contribution in [2.45, 2.75) is 0 Å². The van der Waals surface area contributed by atoms with Gasteiger partial charge >= 0.3 is 0 Å². The van der Waals surface area contributed by atoms with Crippen LogP contribution in [0, 0.1) is 0 Å². The molecule has 0 heterocycles. The molecule has 0 aliphatic rings. The van der Waals surface area contributed by atoms with Crippen LogP contribution in [0.4, 0.5) is 0 Å². The number of rotatable bonds is 2. The molecule has 18 heavy (non-hydrogen) atoms. The van der Waals surface area contributed by atoms with E-state index >= 15 is 0 Å². The maximum atomic E-state index is 4.81. The zero-order chi connectivity index (χ0) is 12.4. The number of hydrogen-bond acceptors (Lipinski definition) is 2. The highest BCUT2D eigenvalue weighted by molar-refractivity contribution is 6.13. The van der Waals surface area contributed by atoms with Crippen LogP contribution in [0.15, 0.2) is 59.8 Å². The maximum absolute atomic E-state index is 4.81. The summed E-state index contributed by atoms with van der Waals surface area (Å²) in [7, 11) is 1.56. The van der Waals surface area contributed by atoms with E-state index in [1.165, 1.54) is 21.5 Å². The van der Waals surface area contributed by atoms with Gasteiger partial charge in [-0.3, -0.25) is 0 Å². The molecule has 3 aromatic carbocycles. The molecule has 0 aromatic heterocycles. The minimum Gasteiger partial charge on any atom is -0.399 e. The minimum absolute atomic E-state index is 1.10. The summed E-state index contributed by atoms with van der Waals surface area (Å²) in [5.41, 5.74) is 1.10. The van der Waals surface area contributed by atoms with E-state index in [4.69, 9.17) is 4.84 Å². The Labute approximate surface area is 105 Å². The van der Waals surface area contributed by atoms with Crippen LogP contribution < -0.4 is 0 Å². The van der Waals surface area contributed by atoms with Gasteiger partial charge in [0, 0.05) is 5.56 Å². The highest BCUT2D eigenvalue weighted by atomic mass is 16.6. The zero-order valence-electron chi connectivity index (χ0n) is 10.1. The third kappa shape index (κ3) is 1.72. The Morgan fingerprint density at radius 1 is 0.889 bits per heavy atom. The molecule has 0 saturated heterocycles. The van der Waals surface area contributed by atoms with E-state index in [1.807, 2.05) is 24.3 Å². The lowest BCUT2D eigenvalue weighted by Gasteiger charge is -2.07. The van der Waals surface area contributed by atoms with Crippen molar-refractivity contribution >= 4 is 27.8 Å². The number of benzene rings is 3. The molecule has 0 aliphatic heterocycles. The van der Waals surface area contributed by atoms with Crippen molar-refractivity contribution < 1.29 is 4.84 Å². The summed E-state index contributed by atoms with van der Waals surface area (Å²) in [5, 5.41) is 8.73. The van der Waals surface area contributed by atoms with Crippen LogP contribution >= 0.6 is 0 Å². The largest absolute Gasteiger partial charge is 0.399 e. The van der Waals surface area contributed by atoms with Gasteiger partial charge in [-0.15, -0.1) is 0 Å². The Kier molecular flexibility index (Phi) is 2.69. The molecule has 0 radical (unpaired) electrons. The Hall–Kier alpha value is -2.35. The first-order valence-corrected chi connectivity index (χ1v) is 5.87. The van der Waals surface area contributed by atoms with E-state index < -0.39 is 0 Å². The van der Waals surface area contributed by atoms with Gasteiger partial charge in [-0.1, -0.05) is 53.7 Å². The van der Waals surface area contributed by atoms with Crippen molar-refractivity contribution in [2.24, 2.45) is 5.16 Å². The maximum Gasteiger partial charge on any atom is 0.106 e. The fourth-order valence-electron chi connectivity index (χ4n) is 2.29. The lowest BCUT2D eigenvalue weighted by atomic mass is 9.97. The standard InChI is InChI=1S/C16H13NO/c1-18-17-11-16-14-8-4-2-6-12(14)10-13-7-3-5-9-15(13)16/h2-11H,1H3/b17-11-. The van der Waals surface area contributed by atoms with Gasteiger partial charge in [0.25, 0.3) is 0 Å². The first-order chi connectivity index (χ1) is 8.90. The highest BCUT2D eigenvalue weighted by Crippen LogP contribution is 2.27. The van der Waals surface area contributed by atoms with Crippen molar-refractivity contribution in [1.82, 2.24) is 0 Å². The summed E-state index contributed by atoms with van der Waals surface area (Å²) in [5.74, 6) is 0. The molecule has 0 spiro atoms. The normalized spacial score (nSPS) is 11.4.